The van der Waals surface area contributed by atoms with Crippen LogP contribution in [0.2, 0.25) is 0 Å². The van der Waals surface area contributed by atoms with Crippen LogP contribution in [0, 0.1) is 5.92 Å². The van der Waals surface area contributed by atoms with Gasteiger partial charge in [-0.1, -0.05) is 44.7 Å². The maximum absolute atomic E-state index is 11.2. The summed E-state index contributed by atoms with van der Waals surface area (Å²) in [6.45, 7) is 2.25. The van der Waals surface area contributed by atoms with Crippen molar-refractivity contribution >= 4 is 11.7 Å². The van der Waals surface area contributed by atoms with Crippen molar-refractivity contribution < 1.29 is 9.90 Å². The quantitative estimate of drug-likeness (QED) is 0.775. The van der Waals surface area contributed by atoms with Gasteiger partial charge in [-0.15, -0.1) is 0 Å². The number of carboxylic acid groups (broad SMARTS) is 1. The van der Waals surface area contributed by atoms with Gasteiger partial charge >= 0.3 is 5.97 Å². The molecule has 3 heteroatoms. The minimum absolute atomic E-state index is 0.377. The summed E-state index contributed by atoms with van der Waals surface area (Å²) in [6.07, 6.45) is 8.74. The number of carbonyl (C=O) groups is 1. The van der Waals surface area contributed by atoms with Crippen molar-refractivity contribution in [2.24, 2.45) is 5.92 Å². The highest BCUT2D eigenvalue weighted by molar-refractivity contribution is 5.94. The van der Waals surface area contributed by atoms with Crippen molar-refractivity contribution in [2.75, 3.05) is 5.32 Å². The molecule has 3 nitrogen and oxygen atoms in total. The fourth-order valence-electron chi connectivity index (χ4n) is 3.24. The molecular formula is C17H25NO2. The van der Waals surface area contributed by atoms with Gasteiger partial charge in [-0.3, -0.25) is 0 Å². The molecule has 0 bridgehead atoms. The Morgan fingerprint density at radius 1 is 1.25 bits per heavy atom. The molecule has 1 fully saturated rings. The van der Waals surface area contributed by atoms with Crippen LogP contribution < -0.4 is 5.32 Å². The molecule has 1 aliphatic carbocycles. The summed E-state index contributed by atoms with van der Waals surface area (Å²) in [4.78, 5) is 11.2. The van der Waals surface area contributed by atoms with E-state index in [9.17, 15) is 9.90 Å². The lowest BCUT2D eigenvalue weighted by atomic mass is 9.95. The summed E-state index contributed by atoms with van der Waals surface area (Å²) in [7, 11) is 0. The largest absolute Gasteiger partial charge is 0.478 e. The Morgan fingerprint density at radius 3 is 2.80 bits per heavy atom. The van der Waals surface area contributed by atoms with Gasteiger partial charge in [0, 0.05) is 11.7 Å². The molecule has 20 heavy (non-hydrogen) atoms. The Morgan fingerprint density at radius 2 is 2.05 bits per heavy atom. The zero-order chi connectivity index (χ0) is 14.4. The molecule has 1 aromatic rings. The molecule has 0 amide bonds. The van der Waals surface area contributed by atoms with Gasteiger partial charge < -0.3 is 10.4 Å². The van der Waals surface area contributed by atoms with E-state index in [1.54, 1.807) is 12.1 Å². The molecule has 2 N–H and O–H groups in total. The predicted molar refractivity (Wildman–Crippen MR) is 82.3 cm³/mol. The zero-order valence-corrected chi connectivity index (χ0v) is 12.3. The highest BCUT2D eigenvalue weighted by Crippen LogP contribution is 2.29. The number of carboxylic acids is 1. The third-order valence-corrected chi connectivity index (χ3v) is 4.30. The number of hydrogen-bond donors (Lipinski definition) is 2. The first-order valence-corrected chi connectivity index (χ1v) is 7.79. The molecule has 2 atom stereocenters. The van der Waals surface area contributed by atoms with Crippen LogP contribution in [0.3, 0.4) is 0 Å². The molecule has 2 rings (SSSR count). The van der Waals surface area contributed by atoms with Crippen LogP contribution in [-0.2, 0) is 0 Å². The monoisotopic (exact) mass is 275 g/mol. The number of anilines is 1. The van der Waals surface area contributed by atoms with Gasteiger partial charge in [0.1, 0.15) is 0 Å². The molecule has 0 spiro atoms. The fourth-order valence-corrected chi connectivity index (χ4v) is 3.24. The van der Waals surface area contributed by atoms with Crippen LogP contribution >= 0.6 is 0 Å². The second kappa shape index (κ2) is 7.32. The van der Waals surface area contributed by atoms with Crippen molar-refractivity contribution in [1.82, 2.24) is 0 Å². The number of hydrogen-bond acceptors (Lipinski definition) is 2. The summed E-state index contributed by atoms with van der Waals surface area (Å²) < 4.78 is 0. The summed E-state index contributed by atoms with van der Waals surface area (Å²) in [5.41, 5.74) is 1.14. The Kier molecular flexibility index (Phi) is 5.45. The number of aromatic carboxylic acids is 1. The van der Waals surface area contributed by atoms with E-state index in [0.29, 0.717) is 11.6 Å². The van der Waals surface area contributed by atoms with E-state index in [1.165, 1.54) is 32.1 Å². The van der Waals surface area contributed by atoms with E-state index in [4.69, 9.17) is 0 Å². The van der Waals surface area contributed by atoms with Crippen LogP contribution in [0.4, 0.5) is 5.69 Å². The minimum atomic E-state index is -0.856. The normalized spacial score (nSPS) is 23.1. The lowest BCUT2D eigenvalue weighted by Gasteiger charge is -2.19. The van der Waals surface area contributed by atoms with Gasteiger partial charge in [-0.05, 0) is 37.3 Å². The third kappa shape index (κ3) is 3.99. The topological polar surface area (TPSA) is 49.3 Å². The first-order chi connectivity index (χ1) is 9.70. The van der Waals surface area contributed by atoms with Gasteiger partial charge in [-0.2, -0.15) is 0 Å². The lowest BCUT2D eigenvalue weighted by molar-refractivity contribution is 0.0698. The van der Waals surface area contributed by atoms with E-state index in [1.807, 2.05) is 12.1 Å². The molecular weight excluding hydrogens is 250 g/mol. The zero-order valence-electron chi connectivity index (χ0n) is 12.3. The highest BCUT2D eigenvalue weighted by atomic mass is 16.4. The number of benzene rings is 1. The van der Waals surface area contributed by atoms with Crippen LogP contribution in [0.25, 0.3) is 0 Å². The van der Waals surface area contributed by atoms with Crippen LogP contribution in [0.1, 0.15) is 62.2 Å². The molecule has 0 saturated heterocycles. The molecule has 1 aromatic carbocycles. The van der Waals surface area contributed by atoms with Gasteiger partial charge in [0.25, 0.3) is 0 Å². The van der Waals surface area contributed by atoms with Crippen LogP contribution in [0.15, 0.2) is 24.3 Å². The smallest absolute Gasteiger partial charge is 0.337 e. The Bertz CT molecular complexity index is 444. The van der Waals surface area contributed by atoms with Gasteiger partial charge in [0.15, 0.2) is 0 Å². The standard InChI is InChI=1S/C17H25NO2/c1-2-6-13-7-5-8-14(12-11-13)18-16-10-4-3-9-15(16)17(19)20/h3-4,9-10,13-14,18H,2,5-8,11-12H2,1H3,(H,19,20). The molecule has 0 aliphatic heterocycles. The highest BCUT2D eigenvalue weighted by Gasteiger charge is 2.19. The second-order valence-electron chi connectivity index (χ2n) is 5.85. The van der Waals surface area contributed by atoms with Crippen molar-refractivity contribution in [1.29, 1.82) is 0 Å². The second-order valence-corrected chi connectivity index (χ2v) is 5.85. The SMILES string of the molecule is CCCC1CCCC(Nc2ccccc2C(=O)O)CC1. The molecule has 110 valence electrons. The number of rotatable bonds is 5. The van der Waals surface area contributed by atoms with Gasteiger partial charge in [0.05, 0.1) is 5.56 Å². The van der Waals surface area contributed by atoms with E-state index in [0.717, 1.165) is 24.4 Å². The fraction of sp³-hybridized carbons (Fsp3) is 0.588. The summed E-state index contributed by atoms with van der Waals surface area (Å²) >= 11 is 0. The van der Waals surface area contributed by atoms with E-state index in [-0.39, 0.29) is 0 Å². The molecule has 1 saturated carbocycles. The molecule has 0 radical (unpaired) electrons. The van der Waals surface area contributed by atoms with Crippen molar-refractivity contribution in [3.8, 4) is 0 Å². The van der Waals surface area contributed by atoms with Crippen molar-refractivity contribution in [3.63, 3.8) is 0 Å². The molecule has 0 heterocycles. The Balaban J connectivity index is 1.98. The van der Waals surface area contributed by atoms with E-state index in [2.05, 4.69) is 12.2 Å². The van der Waals surface area contributed by atoms with Crippen LogP contribution in [0.5, 0.6) is 0 Å². The molecule has 0 aromatic heterocycles. The number of nitrogens with one attached hydrogen (secondary N) is 1. The molecule has 1 aliphatic rings. The van der Waals surface area contributed by atoms with Gasteiger partial charge in [0.2, 0.25) is 0 Å². The first kappa shape index (κ1) is 14.9. The average Bonchev–Trinajstić information content (AvgIpc) is 2.65. The summed E-state index contributed by atoms with van der Waals surface area (Å²) in [6, 6.07) is 7.63. The molecule has 2 unspecified atom stereocenters. The summed E-state index contributed by atoms with van der Waals surface area (Å²) in [5.74, 6) is 0.00657. The summed E-state index contributed by atoms with van der Waals surface area (Å²) in [5, 5.41) is 12.7. The first-order valence-electron chi connectivity index (χ1n) is 7.79. The van der Waals surface area contributed by atoms with Crippen LogP contribution in [-0.4, -0.2) is 17.1 Å². The Hall–Kier alpha value is -1.51. The third-order valence-electron chi connectivity index (χ3n) is 4.30. The Labute approximate surface area is 121 Å². The van der Waals surface area contributed by atoms with Crippen molar-refractivity contribution in [2.45, 2.75) is 57.9 Å². The number of para-hydroxylation sites is 1. The lowest BCUT2D eigenvalue weighted by Crippen LogP contribution is -2.20. The average molecular weight is 275 g/mol. The van der Waals surface area contributed by atoms with Crippen molar-refractivity contribution in [3.05, 3.63) is 29.8 Å². The van der Waals surface area contributed by atoms with E-state index >= 15 is 0 Å². The maximum Gasteiger partial charge on any atom is 0.337 e. The van der Waals surface area contributed by atoms with Gasteiger partial charge in [-0.25, -0.2) is 4.79 Å². The minimum Gasteiger partial charge on any atom is -0.478 e. The maximum atomic E-state index is 11.2. The van der Waals surface area contributed by atoms with E-state index < -0.39 is 5.97 Å². The predicted octanol–water partition coefficient (Wildman–Crippen LogP) is 4.55.